The largest absolute Gasteiger partial charge is 0.341 e. The molecule has 0 radical (unpaired) electrons. The molecule has 0 N–H and O–H groups in total. The number of thioether (sulfide) groups is 1. The van der Waals surface area contributed by atoms with Gasteiger partial charge in [0, 0.05) is 24.1 Å². The molecule has 1 aromatic carbocycles. The number of rotatable bonds is 6. The lowest BCUT2D eigenvalue weighted by molar-refractivity contribution is 0.0797. The van der Waals surface area contributed by atoms with Gasteiger partial charge in [0.15, 0.2) is 0 Å². The molecule has 2 aromatic rings. The summed E-state index contributed by atoms with van der Waals surface area (Å²) in [5, 5.41) is 0.917. The Balaban J connectivity index is 2.25. The minimum absolute atomic E-state index is 0.0794. The Morgan fingerprint density at radius 3 is 2.86 bits per heavy atom. The number of carbonyl (C=O) groups is 1. The van der Waals surface area contributed by atoms with Gasteiger partial charge in [-0.25, -0.2) is 4.98 Å². The van der Waals surface area contributed by atoms with Gasteiger partial charge in [-0.3, -0.25) is 4.79 Å². The average molecular weight is 335 g/mol. The normalized spacial score (nSPS) is 10.7. The highest BCUT2D eigenvalue weighted by atomic mass is 32.2. The summed E-state index contributed by atoms with van der Waals surface area (Å²) in [4.78, 5) is 20.9. The molecule has 0 unspecified atom stereocenters. The second-order valence-corrected chi connectivity index (χ2v) is 7.12. The lowest BCUT2D eigenvalue weighted by Crippen LogP contribution is -2.27. The third-order valence-corrected chi connectivity index (χ3v) is 5.42. The van der Waals surface area contributed by atoms with Crippen molar-refractivity contribution in [3.63, 3.8) is 0 Å². The number of aryl methyl sites for hydroxylation is 1. The molecule has 0 saturated heterocycles. The molecular weight excluding hydrogens is 312 g/mol. The van der Waals surface area contributed by atoms with Crippen LogP contribution < -0.4 is 0 Å². The van der Waals surface area contributed by atoms with Crippen LogP contribution in [-0.2, 0) is 0 Å². The van der Waals surface area contributed by atoms with E-state index in [0.29, 0.717) is 0 Å². The summed E-state index contributed by atoms with van der Waals surface area (Å²) >= 11 is 3.20. The third-order valence-electron chi connectivity index (χ3n) is 3.50. The third kappa shape index (κ3) is 3.90. The van der Waals surface area contributed by atoms with Crippen molar-refractivity contribution in [1.29, 1.82) is 0 Å². The van der Waals surface area contributed by atoms with E-state index in [1.54, 1.807) is 16.7 Å². The van der Waals surface area contributed by atoms with Gasteiger partial charge in [0.05, 0.1) is 5.69 Å². The number of carbonyl (C=O) groups excluding carboxylic acids is 1. The van der Waals surface area contributed by atoms with Gasteiger partial charge in [-0.15, -0.1) is 23.1 Å². The van der Waals surface area contributed by atoms with Gasteiger partial charge in [0.25, 0.3) is 5.91 Å². The molecule has 5 heteroatoms. The lowest BCUT2D eigenvalue weighted by atomic mass is 10.2. The maximum absolute atomic E-state index is 12.5. The minimum Gasteiger partial charge on any atom is -0.341 e. The van der Waals surface area contributed by atoms with Gasteiger partial charge >= 0.3 is 0 Å². The van der Waals surface area contributed by atoms with E-state index in [9.17, 15) is 4.79 Å². The Kier molecular flexibility index (Phi) is 6.03. The van der Waals surface area contributed by atoms with Crippen LogP contribution >= 0.6 is 23.1 Å². The molecule has 0 spiro atoms. The van der Waals surface area contributed by atoms with Crippen LogP contribution in [0.4, 0.5) is 0 Å². The molecule has 0 bridgehead atoms. The van der Waals surface area contributed by atoms with Crippen molar-refractivity contribution in [2.45, 2.75) is 31.6 Å². The zero-order chi connectivity index (χ0) is 16.1. The van der Waals surface area contributed by atoms with Gasteiger partial charge in [-0.05, 0) is 31.7 Å². The zero-order valence-corrected chi connectivity index (χ0v) is 15.2. The Bertz CT molecular complexity index is 652. The summed E-state index contributed by atoms with van der Waals surface area (Å²) in [7, 11) is 1.87. The Morgan fingerprint density at radius 2 is 2.18 bits per heavy atom. The maximum Gasteiger partial charge on any atom is 0.265 e. The van der Waals surface area contributed by atoms with Crippen molar-refractivity contribution < 1.29 is 4.79 Å². The summed E-state index contributed by atoms with van der Waals surface area (Å²) in [5.41, 5.74) is 1.90. The van der Waals surface area contributed by atoms with Crippen LogP contribution in [0.2, 0.25) is 0 Å². The smallest absolute Gasteiger partial charge is 0.265 e. The van der Waals surface area contributed by atoms with E-state index in [1.807, 2.05) is 26.1 Å². The van der Waals surface area contributed by atoms with Gasteiger partial charge in [0.2, 0.25) is 0 Å². The molecular formula is C17H22N2OS2. The highest BCUT2D eigenvalue weighted by Gasteiger charge is 2.19. The van der Waals surface area contributed by atoms with Crippen LogP contribution in [0.5, 0.6) is 0 Å². The van der Waals surface area contributed by atoms with E-state index in [4.69, 9.17) is 0 Å². The number of thiazole rings is 1. The van der Waals surface area contributed by atoms with Gasteiger partial charge in [0.1, 0.15) is 9.88 Å². The summed E-state index contributed by atoms with van der Waals surface area (Å²) < 4.78 is 0. The predicted octanol–water partition coefficient (Wildman–Crippen LogP) is 4.71. The summed E-state index contributed by atoms with van der Waals surface area (Å²) in [5.74, 6) is 0.0794. The number of aromatic nitrogens is 1. The van der Waals surface area contributed by atoms with Crippen LogP contribution in [0.1, 0.15) is 35.1 Å². The van der Waals surface area contributed by atoms with Gasteiger partial charge in [-0.2, -0.15) is 0 Å². The van der Waals surface area contributed by atoms with Crippen molar-refractivity contribution >= 4 is 29.0 Å². The van der Waals surface area contributed by atoms with E-state index < -0.39 is 0 Å². The van der Waals surface area contributed by atoms with Crippen LogP contribution in [0.15, 0.2) is 29.2 Å². The first kappa shape index (κ1) is 17.0. The standard InChI is InChI=1S/C17H22N2OS2/c1-5-6-10-19(3)17(20)15-12(2)18-16(22-15)13-8-7-9-14(11-13)21-4/h7-9,11H,5-6,10H2,1-4H3. The molecule has 0 saturated carbocycles. The molecule has 0 fully saturated rings. The number of hydrogen-bond acceptors (Lipinski definition) is 4. The fraction of sp³-hybridized carbons (Fsp3) is 0.412. The summed E-state index contributed by atoms with van der Waals surface area (Å²) in [6.07, 6.45) is 4.18. The molecule has 2 rings (SSSR count). The Morgan fingerprint density at radius 1 is 1.41 bits per heavy atom. The lowest BCUT2D eigenvalue weighted by Gasteiger charge is -2.15. The molecule has 22 heavy (non-hydrogen) atoms. The van der Waals surface area contributed by atoms with E-state index in [1.165, 1.54) is 16.2 Å². The van der Waals surface area contributed by atoms with Crippen molar-refractivity contribution in [2.24, 2.45) is 0 Å². The van der Waals surface area contributed by atoms with Crippen molar-refractivity contribution in [3.8, 4) is 10.6 Å². The summed E-state index contributed by atoms with van der Waals surface area (Å²) in [6.45, 7) is 4.84. The fourth-order valence-corrected chi connectivity index (χ4v) is 3.66. The van der Waals surface area contributed by atoms with Gasteiger partial charge < -0.3 is 4.90 Å². The second kappa shape index (κ2) is 7.79. The fourth-order valence-electron chi connectivity index (χ4n) is 2.14. The van der Waals surface area contributed by atoms with E-state index in [-0.39, 0.29) is 5.91 Å². The van der Waals surface area contributed by atoms with E-state index in [2.05, 4.69) is 30.3 Å². The predicted molar refractivity (Wildman–Crippen MR) is 95.9 cm³/mol. The van der Waals surface area contributed by atoms with Crippen molar-refractivity contribution in [3.05, 3.63) is 34.8 Å². The molecule has 0 aliphatic rings. The van der Waals surface area contributed by atoms with Crippen LogP contribution in [-0.4, -0.2) is 35.6 Å². The summed E-state index contributed by atoms with van der Waals surface area (Å²) in [6, 6.07) is 8.29. The molecule has 0 atom stereocenters. The highest BCUT2D eigenvalue weighted by molar-refractivity contribution is 7.98. The maximum atomic E-state index is 12.5. The molecule has 1 aromatic heterocycles. The number of hydrogen-bond donors (Lipinski definition) is 0. The molecule has 1 heterocycles. The zero-order valence-electron chi connectivity index (χ0n) is 13.5. The SMILES string of the molecule is CCCCN(C)C(=O)c1sc(-c2cccc(SC)c2)nc1C. The molecule has 1 amide bonds. The average Bonchev–Trinajstić information content (AvgIpc) is 2.93. The van der Waals surface area contributed by atoms with Crippen LogP contribution in [0.3, 0.4) is 0 Å². The number of amides is 1. The van der Waals surface area contributed by atoms with Crippen molar-refractivity contribution in [1.82, 2.24) is 9.88 Å². The molecule has 0 aliphatic carbocycles. The Hall–Kier alpha value is -1.33. The van der Waals surface area contributed by atoms with Crippen LogP contribution in [0.25, 0.3) is 10.6 Å². The van der Waals surface area contributed by atoms with E-state index in [0.717, 1.165) is 40.5 Å². The van der Waals surface area contributed by atoms with Crippen molar-refractivity contribution in [2.75, 3.05) is 19.8 Å². The number of nitrogens with zero attached hydrogens (tertiary/aromatic N) is 2. The van der Waals surface area contributed by atoms with E-state index >= 15 is 0 Å². The first-order valence-electron chi connectivity index (χ1n) is 7.44. The second-order valence-electron chi connectivity index (χ2n) is 5.25. The van der Waals surface area contributed by atoms with Gasteiger partial charge in [-0.1, -0.05) is 25.5 Å². The monoisotopic (exact) mass is 334 g/mol. The molecule has 0 aliphatic heterocycles. The quantitative estimate of drug-likeness (QED) is 0.717. The first-order chi connectivity index (χ1) is 10.6. The number of benzene rings is 1. The topological polar surface area (TPSA) is 33.2 Å². The van der Waals surface area contributed by atoms with Crippen LogP contribution in [0, 0.1) is 6.92 Å². The Labute approximate surface area is 140 Å². The highest BCUT2D eigenvalue weighted by Crippen LogP contribution is 2.30. The molecule has 118 valence electrons. The molecule has 3 nitrogen and oxygen atoms in total. The number of unbranched alkanes of at least 4 members (excludes halogenated alkanes) is 1. The first-order valence-corrected chi connectivity index (χ1v) is 9.48. The minimum atomic E-state index is 0.0794.